The molecule has 0 bridgehead atoms. The van der Waals surface area contributed by atoms with Crippen molar-refractivity contribution in [3.8, 4) is 0 Å². The van der Waals surface area contributed by atoms with Crippen LogP contribution in [-0.4, -0.2) is 52.2 Å². The number of ether oxygens (including phenoxy) is 1. The van der Waals surface area contributed by atoms with Crippen LogP contribution in [0.2, 0.25) is 0 Å². The van der Waals surface area contributed by atoms with Crippen LogP contribution in [0.4, 0.5) is 0 Å². The van der Waals surface area contributed by atoms with Gasteiger partial charge in [-0.15, -0.1) is 5.10 Å². The van der Waals surface area contributed by atoms with Crippen LogP contribution in [0.3, 0.4) is 0 Å². The Bertz CT molecular complexity index is 327. The largest absolute Gasteiger partial charge is 0.376 e. The molecule has 1 atom stereocenters. The summed E-state index contributed by atoms with van der Waals surface area (Å²) in [5.41, 5.74) is 6.46. The van der Waals surface area contributed by atoms with Crippen molar-refractivity contribution in [1.29, 1.82) is 0 Å². The summed E-state index contributed by atoms with van der Waals surface area (Å²) < 4.78 is 7.28. The highest BCUT2D eigenvalue weighted by molar-refractivity contribution is 4.92. The van der Waals surface area contributed by atoms with E-state index in [0.29, 0.717) is 12.6 Å². The third-order valence-corrected chi connectivity index (χ3v) is 2.66. The van der Waals surface area contributed by atoms with Crippen LogP contribution in [0.1, 0.15) is 12.6 Å². The number of rotatable bonds is 4. The monoisotopic (exact) mass is 225 g/mol. The molecule has 1 unspecified atom stereocenters. The molecule has 1 fully saturated rings. The molecule has 2 N–H and O–H groups in total. The normalized spacial score (nSPS) is 22.5. The van der Waals surface area contributed by atoms with Crippen LogP contribution in [-0.2, 0) is 17.8 Å². The summed E-state index contributed by atoms with van der Waals surface area (Å²) in [7, 11) is 0. The molecule has 1 saturated heterocycles. The van der Waals surface area contributed by atoms with Crippen molar-refractivity contribution in [3.05, 3.63) is 11.9 Å². The zero-order valence-corrected chi connectivity index (χ0v) is 9.67. The Morgan fingerprint density at radius 3 is 3.25 bits per heavy atom. The van der Waals surface area contributed by atoms with Crippen LogP contribution in [0.25, 0.3) is 0 Å². The van der Waals surface area contributed by atoms with E-state index in [1.165, 1.54) is 0 Å². The lowest BCUT2D eigenvalue weighted by Gasteiger charge is -2.30. The van der Waals surface area contributed by atoms with Gasteiger partial charge in [-0.05, 0) is 6.92 Å². The Balaban J connectivity index is 1.87. The minimum Gasteiger partial charge on any atom is -0.376 e. The maximum atomic E-state index is 5.49. The first kappa shape index (κ1) is 11.5. The molecule has 0 radical (unpaired) electrons. The minimum atomic E-state index is 0.313. The summed E-state index contributed by atoms with van der Waals surface area (Å²) in [6, 6.07) is 0. The molecule has 6 heteroatoms. The Hall–Kier alpha value is -0.980. The van der Waals surface area contributed by atoms with Gasteiger partial charge in [0.15, 0.2) is 0 Å². The first-order chi connectivity index (χ1) is 7.78. The predicted molar refractivity (Wildman–Crippen MR) is 59.8 cm³/mol. The van der Waals surface area contributed by atoms with Gasteiger partial charge in [0, 0.05) is 32.4 Å². The third kappa shape index (κ3) is 3.01. The van der Waals surface area contributed by atoms with Gasteiger partial charge in [-0.1, -0.05) is 5.21 Å². The second-order valence-electron chi connectivity index (χ2n) is 4.18. The first-order valence-corrected chi connectivity index (χ1v) is 5.71. The number of morpholine rings is 1. The maximum Gasteiger partial charge on any atom is 0.0967 e. The fourth-order valence-electron chi connectivity index (χ4n) is 1.92. The molecule has 1 aliphatic heterocycles. The van der Waals surface area contributed by atoms with Crippen LogP contribution < -0.4 is 5.73 Å². The molecule has 6 nitrogen and oxygen atoms in total. The Morgan fingerprint density at radius 1 is 1.62 bits per heavy atom. The van der Waals surface area contributed by atoms with Gasteiger partial charge in [0.05, 0.1) is 24.9 Å². The van der Waals surface area contributed by atoms with Crippen molar-refractivity contribution in [2.75, 3.05) is 26.2 Å². The number of aromatic nitrogens is 3. The Morgan fingerprint density at radius 2 is 2.50 bits per heavy atom. The quantitative estimate of drug-likeness (QED) is 0.745. The fraction of sp³-hybridized carbons (Fsp3) is 0.800. The number of nitrogens with zero attached hydrogens (tertiary/aromatic N) is 4. The molecule has 1 aliphatic rings. The molecule has 1 aromatic heterocycles. The highest BCUT2D eigenvalue weighted by atomic mass is 16.5. The summed E-state index contributed by atoms with van der Waals surface area (Å²) in [5, 5.41) is 8.15. The second-order valence-corrected chi connectivity index (χ2v) is 4.18. The van der Waals surface area contributed by atoms with Crippen molar-refractivity contribution in [2.24, 2.45) is 5.73 Å². The molecule has 0 amide bonds. The van der Waals surface area contributed by atoms with Crippen LogP contribution in [0.5, 0.6) is 0 Å². The minimum absolute atomic E-state index is 0.313. The maximum absolute atomic E-state index is 5.49. The number of nitrogens with two attached hydrogens (primary N) is 1. The van der Waals surface area contributed by atoms with Gasteiger partial charge in [-0.3, -0.25) is 9.58 Å². The van der Waals surface area contributed by atoms with Crippen molar-refractivity contribution in [2.45, 2.75) is 26.1 Å². The van der Waals surface area contributed by atoms with Gasteiger partial charge >= 0.3 is 0 Å². The molecular formula is C10H19N5O. The van der Waals surface area contributed by atoms with Crippen molar-refractivity contribution in [3.63, 3.8) is 0 Å². The van der Waals surface area contributed by atoms with Crippen molar-refractivity contribution >= 4 is 0 Å². The fourth-order valence-corrected chi connectivity index (χ4v) is 1.92. The standard InChI is InChI=1S/C10H19N5O/c1-9-6-14(4-5-16-9)7-10-8-15(3-2-11)13-12-10/h8-9H,2-7,11H2,1H3. The number of hydrogen-bond donors (Lipinski definition) is 1. The van der Waals surface area contributed by atoms with Gasteiger partial charge in [0.2, 0.25) is 0 Å². The molecule has 0 aromatic carbocycles. The predicted octanol–water partition coefficient (Wildman–Crippen LogP) is -0.542. The van der Waals surface area contributed by atoms with Crippen LogP contribution >= 0.6 is 0 Å². The lowest BCUT2D eigenvalue weighted by Crippen LogP contribution is -2.40. The van der Waals surface area contributed by atoms with E-state index in [1.807, 2.05) is 6.20 Å². The zero-order valence-electron chi connectivity index (χ0n) is 9.67. The Labute approximate surface area is 95.4 Å². The van der Waals surface area contributed by atoms with Crippen molar-refractivity contribution in [1.82, 2.24) is 19.9 Å². The van der Waals surface area contributed by atoms with Gasteiger partial charge in [0.1, 0.15) is 0 Å². The van der Waals surface area contributed by atoms with E-state index in [9.17, 15) is 0 Å². The molecular weight excluding hydrogens is 206 g/mol. The van der Waals surface area contributed by atoms with E-state index in [4.69, 9.17) is 10.5 Å². The lowest BCUT2D eigenvalue weighted by atomic mass is 10.3. The molecule has 0 aliphatic carbocycles. The van der Waals surface area contributed by atoms with E-state index < -0.39 is 0 Å². The van der Waals surface area contributed by atoms with Crippen LogP contribution in [0.15, 0.2) is 6.20 Å². The van der Waals surface area contributed by atoms with Crippen LogP contribution in [0, 0.1) is 0 Å². The van der Waals surface area contributed by atoms with Gasteiger partial charge < -0.3 is 10.5 Å². The van der Waals surface area contributed by atoms with E-state index in [1.54, 1.807) is 4.68 Å². The van der Waals surface area contributed by atoms with Gasteiger partial charge in [0.25, 0.3) is 0 Å². The van der Waals surface area contributed by atoms with Crippen molar-refractivity contribution < 1.29 is 4.74 Å². The first-order valence-electron chi connectivity index (χ1n) is 5.71. The van der Waals surface area contributed by atoms with E-state index in [0.717, 1.165) is 38.5 Å². The topological polar surface area (TPSA) is 69.2 Å². The van der Waals surface area contributed by atoms with E-state index in [2.05, 4.69) is 22.1 Å². The average molecular weight is 225 g/mol. The summed E-state index contributed by atoms with van der Waals surface area (Å²) in [6.45, 7) is 7.00. The highest BCUT2D eigenvalue weighted by Gasteiger charge is 2.17. The Kier molecular flexibility index (Phi) is 3.87. The van der Waals surface area contributed by atoms with Gasteiger partial charge in [-0.25, -0.2) is 0 Å². The number of hydrogen-bond acceptors (Lipinski definition) is 5. The van der Waals surface area contributed by atoms with Gasteiger partial charge in [-0.2, -0.15) is 0 Å². The van der Waals surface area contributed by atoms with E-state index >= 15 is 0 Å². The molecule has 0 saturated carbocycles. The average Bonchev–Trinajstić information content (AvgIpc) is 2.66. The molecule has 16 heavy (non-hydrogen) atoms. The molecule has 2 rings (SSSR count). The summed E-state index contributed by atoms with van der Waals surface area (Å²) in [6.07, 6.45) is 2.28. The molecule has 1 aromatic rings. The SMILES string of the molecule is CC1CN(Cc2cn(CCN)nn2)CCO1. The van der Waals surface area contributed by atoms with E-state index in [-0.39, 0.29) is 0 Å². The lowest BCUT2D eigenvalue weighted by molar-refractivity contribution is -0.0216. The summed E-state index contributed by atoms with van der Waals surface area (Å²) in [4.78, 5) is 2.34. The second kappa shape index (κ2) is 5.38. The smallest absolute Gasteiger partial charge is 0.0967 e. The molecule has 0 spiro atoms. The molecule has 90 valence electrons. The zero-order chi connectivity index (χ0) is 11.4. The highest BCUT2D eigenvalue weighted by Crippen LogP contribution is 2.07. The third-order valence-electron chi connectivity index (χ3n) is 2.66. The molecule has 2 heterocycles. The summed E-state index contributed by atoms with van der Waals surface area (Å²) in [5.74, 6) is 0. The summed E-state index contributed by atoms with van der Waals surface area (Å²) >= 11 is 0.